The largest absolute Gasteiger partial charge is 0.342 e. The molecule has 0 bridgehead atoms. The lowest BCUT2D eigenvalue weighted by Crippen LogP contribution is -2.41. The number of anilines is 1. The van der Waals surface area contributed by atoms with E-state index in [0.29, 0.717) is 23.1 Å². The summed E-state index contributed by atoms with van der Waals surface area (Å²) < 4.78 is 14.7. The van der Waals surface area contributed by atoms with E-state index in [4.69, 9.17) is 0 Å². The average molecular weight is 413 g/mol. The van der Waals surface area contributed by atoms with Crippen LogP contribution in [0.2, 0.25) is 0 Å². The minimum atomic E-state index is -0.340. The van der Waals surface area contributed by atoms with Gasteiger partial charge in [0.25, 0.3) is 5.91 Å². The van der Waals surface area contributed by atoms with Crippen LogP contribution in [-0.2, 0) is 18.3 Å². The number of piperidine rings is 1. The van der Waals surface area contributed by atoms with E-state index in [1.54, 1.807) is 30.1 Å². The third kappa shape index (κ3) is 4.71. The summed E-state index contributed by atoms with van der Waals surface area (Å²) in [5.41, 5.74) is 1.87. The van der Waals surface area contributed by atoms with Gasteiger partial charge < -0.3 is 10.2 Å². The zero-order valence-electron chi connectivity index (χ0n) is 17.4. The molecule has 1 aliphatic carbocycles. The van der Waals surface area contributed by atoms with Gasteiger partial charge in [-0.2, -0.15) is 5.10 Å². The van der Waals surface area contributed by atoms with E-state index >= 15 is 0 Å². The lowest BCUT2D eigenvalue weighted by molar-refractivity contribution is -0.136. The van der Waals surface area contributed by atoms with Crippen LogP contribution in [-0.4, -0.2) is 39.6 Å². The first-order chi connectivity index (χ1) is 14.5. The summed E-state index contributed by atoms with van der Waals surface area (Å²) in [7, 11) is 1.81. The molecule has 4 rings (SSSR count). The van der Waals surface area contributed by atoms with E-state index in [9.17, 15) is 14.0 Å². The van der Waals surface area contributed by atoms with Crippen LogP contribution in [0, 0.1) is 17.7 Å². The van der Waals surface area contributed by atoms with Gasteiger partial charge in [0.15, 0.2) is 0 Å². The second-order valence-corrected chi connectivity index (χ2v) is 8.58. The van der Waals surface area contributed by atoms with Gasteiger partial charge in [0, 0.05) is 37.9 Å². The molecule has 7 heteroatoms. The van der Waals surface area contributed by atoms with Crippen molar-refractivity contribution in [3.8, 4) is 0 Å². The highest BCUT2D eigenvalue weighted by atomic mass is 19.1. The van der Waals surface area contributed by atoms with Crippen LogP contribution < -0.4 is 5.32 Å². The Labute approximate surface area is 176 Å². The number of aromatic nitrogens is 2. The minimum absolute atomic E-state index is 0.235. The van der Waals surface area contributed by atoms with E-state index in [2.05, 4.69) is 10.4 Å². The van der Waals surface area contributed by atoms with Crippen LogP contribution in [0.25, 0.3) is 0 Å². The number of aryl methyl sites for hydroxylation is 1. The molecule has 2 aromatic rings. The van der Waals surface area contributed by atoms with Crippen LogP contribution in [0.4, 0.5) is 10.1 Å². The van der Waals surface area contributed by atoms with Crippen LogP contribution >= 0.6 is 0 Å². The Kier molecular flexibility index (Phi) is 6.16. The smallest absolute Gasteiger partial charge is 0.259 e. The molecule has 0 radical (unpaired) electrons. The van der Waals surface area contributed by atoms with Gasteiger partial charge in [-0.1, -0.05) is 12.8 Å². The summed E-state index contributed by atoms with van der Waals surface area (Å²) in [4.78, 5) is 27.4. The van der Waals surface area contributed by atoms with Crippen molar-refractivity contribution in [3.63, 3.8) is 0 Å². The SMILES string of the molecule is Cn1cc(C(=O)Nc2ccc(F)cc2)c(CC2CCN(C(=O)C3CCCC3)CC2)n1. The molecule has 0 unspecified atom stereocenters. The molecular weight excluding hydrogens is 383 g/mol. The third-order valence-corrected chi connectivity index (χ3v) is 6.36. The van der Waals surface area contributed by atoms with Gasteiger partial charge in [0.05, 0.1) is 11.3 Å². The van der Waals surface area contributed by atoms with Crippen molar-refractivity contribution in [1.29, 1.82) is 0 Å². The summed E-state index contributed by atoms with van der Waals surface area (Å²) in [6.45, 7) is 1.59. The number of halogens is 1. The number of carbonyl (C=O) groups is 2. The standard InChI is InChI=1S/C23H29FN4O2/c1-27-15-20(22(29)25-19-8-6-18(24)7-9-19)21(26-27)14-16-10-12-28(13-11-16)23(30)17-4-2-3-5-17/h6-9,15-17H,2-5,10-14H2,1H3,(H,25,29). The lowest BCUT2D eigenvalue weighted by atomic mass is 9.90. The quantitative estimate of drug-likeness (QED) is 0.813. The fourth-order valence-corrected chi connectivity index (χ4v) is 4.67. The number of hydrogen-bond donors (Lipinski definition) is 1. The molecule has 2 fully saturated rings. The summed E-state index contributed by atoms with van der Waals surface area (Å²) in [5, 5.41) is 7.33. The molecule has 160 valence electrons. The lowest BCUT2D eigenvalue weighted by Gasteiger charge is -2.33. The van der Waals surface area contributed by atoms with Gasteiger partial charge in [0.2, 0.25) is 5.91 Å². The predicted molar refractivity (Wildman–Crippen MR) is 113 cm³/mol. The Bertz CT molecular complexity index is 894. The normalized spacial score (nSPS) is 18.0. The molecule has 2 heterocycles. The highest BCUT2D eigenvalue weighted by Gasteiger charge is 2.30. The van der Waals surface area contributed by atoms with Crippen LogP contribution in [0.15, 0.2) is 30.5 Å². The van der Waals surface area contributed by atoms with E-state index in [0.717, 1.165) is 50.9 Å². The fourth-order valence-electron chi connectivity index (χ4n) is 4.67. The van der Waals surface area contributed by atoms with Crippen LogP contribution in [0.5, 0.6) is 0 Å². The maximum Gasteiger partial charge on any atom is 0.259 e. The second-order valence-electron chi connectivity index (χ2n) is 8.58. The van der Waals surface area contributed by atoms with E-state index < -0.39 is 0 Å². The van der Waals surface area contributed by atoms with Crippen molar-refractivity contribution in [3.05, 3.63) is 47.5 Å². The Hall–Kier alpha value is -2.70. The first kappa shape index (κ1) is 20.6. The van der Waals surface area contributed by atoms with Gasteiger partial charge in [-0.15, -0.1) is 0 Å². The number of benzene rings is 1. The number of carbonyl (C=O) groups excluding carboxylic acids is 2. The molecule has 1 aromatic heterocycles. The van der Waals surface area contributed by atoms with Gasteiger partial charge in [0.1, 0.15) is 5.82 Å². The summed E-state index contributed by atoms with van der Waals surface area (Å²) in [6, 6.07) is 5.72. The molecule has 2 amide bonds. The minimum Gasteiger partial charge on any atom is -0.342 e. The number of nitrogens with one attached hydrogen (secondary N) is 1. The molecule has 0 atom stereocenters. The Morgan fingerprint density at radius 2 is 1.77 bits per heavy atom. The van der Waals surface area contributed by atoms with Crippen molar-refractivity contribution in [2.24, 2.45) is 18.9 Å². The molecule has 0 spiro atoms. The molecule has 1 saturated heterocycles. The zero-order valence-corrected chi connectivity index (χ0v) is 17.4. The average Bonchev–Trinajstić information content (AvgIpc) is 3.40. The van der Waals surface area contributed by atoms with Crippen molar-refractivity contribution in [1.82, 2.24) is 14.7 Å². The van der Waals surface area contributed by atoms with Gasteiger partial charge in [-0.25, -0.2) is 4.39 Å². The van der Waals surface area contributed by atoms with Crippen molar-refractivity contribution in [2.75, 3.05) is 18.4 Å². The molecule has 1 N–H and O–H groups in total. The van der Waals surface area contributed by atoms with E-state index in [1.807, 2.05) is 4.90 Å². The predicted octanol–water partition coefficient (Wildman–Crippen LogP) is 3.78. The number of amides is 2. The van der Waals surface area contributed by atoms with Crippen LogP contribution in [0.3, 0.4) is 0 Å². The molecule has 2 aliphatic rings. The Morgan fingerprint density at radius 1 is 1.10 bits per heavy atom. The summed E-state index contributed by atoms with van der Waals surface area (Å²) in [6.07, 6.45) is 8.76. The van der Waals surface area contributed by atoms with E-state index in [-0.39, 0.29) is 17.6 Å². The van der Waals surface area contributed by atoms with Crippen molar-refractivity contribution >= 4 is 17.5 Å². The maximum absolute atomic E-state index is 13.1. The molecular formula is C23H29FN4O2. The summed E-state index contributed by atoms with van der Waals surface area (Å²) >= 11 is 0. The first-order valence-corrected chi connectivity index (χ1v) is 10.9. The van der Waals surface area contributed by atoms with E-state index in [1.165, 1.54) is 25.0 Å². The molecule has 6 nitrogen and oxygen atoms in total. The van der Waals surface area contributed by atoms with Crippen LogP contribution in [0.1, 0.15) is 54.6 Å². The zero-order chi connectivity index (χ0) is 21.1. The topological polar surface area (TPSA) is 67.2 Å². The molecule has 30 heavy (non-hydrogen) atoms. The van der Waals surface area contributed by atoms with Gasteiger partial charge >= 0.3 is 0 Å². The summed E-state index contributed by atoms with van der Waals surface area (Å²) in [5.74, 6) is 0.401. The number of likely N-dealkylation sites (tertiary alicyclic amines) is 1. The van der Waals surface area contributed by atoms with Crippen molar-refractivity contribution < 1.29 is 14.0 Å². The monoisotopic (exact) mass is 412 g/mol. The molecule has 1 aromatic carbocycles. The number of nitrogens with zero attached hydrogens (tertiary/aromatic N) is 3. The molecule has 1 aliphatic heterocycles. The first-order valence-electron chi connectivity index (χ1n) is 10.9. The second kappa shape index (κ2) is 8.98. The maximum atomic E-state index is 13.1. The molecule has 1 saturated carbocycles. The van der Waals surface area contributed by atoms with Gasteiger partial charge in [-0.05, 0) is 62.3 Å². The number of rotatable bonds is 5. The Morgan fingerprint density at radius 3 is 2.43 bits per heavy atom. The number of hydrogen-bond acceptors (Lipinski definition) is 3. The third-order valence-electron chi connectivity index (χ3n) is 6.36. The van der Waals surface area contributed by atoms with Gasteiger partial charge in [-0.3, -0.25) is 14.3 Å². The highest BCUT2D eigenvalue weighted by Crippen LogP contribution is 2.29. The highest BCUT2D eigenvalue weighted by molar-refractivity contribution is 6.04. The fraction of sp³-hybridized carbons (Fsp3) is 0.522. The van der Waals surface area contributed by atoms with Crippen molar-refractivity contribution in [2.45, 2.75) is 44.9 Å². The Balaban J connectivity index is 1.35.